The first kappa shape index (κ1) is 20.8. The monoisotopic (exact) mass is 417 g/mol. The highest BCUT2D eigenvalue weighted by Crippen LogP contribution is 2.29. The Labute approximate surface area is 169 Å². The topological polar surface area (TPSA) is 110 Å². The summed E-state index contributed by atoms with van der Waals surface area (Å²) in [4.78, 5) is 25.8. The zero-order valence-corrected chi connectivity index (χ0v) is 16.9. The molecule has 8 nitrogen and oxygen atoms in total. The van der Waals surface area contributed by atoms with Crippen LogP contribution in [0.4, 0.5) is 17.1 Å². The lowest BCUT2D eigenvalue weighted by Crippen LogP contribution is -2.31. The van der Waals surface area contributed by atoms with Gasteiger partial charge in [0.25, 0.3) is 11.6 Å². The Morgan fingerprint density at radius 1 is 1.10 bits per heavy atom. The van der Waals surface area contributed by atoms with E-state index in [9.17, 15) is 23.3 Å². The van der Waals surface area contributed by atoms with Crippen LogP contribution in [0.2, 0.25) is 0 Å². The lowest BCUT2D eigenvalue weighted by Gasteiger charge is -2.30. The van der Waals surface area contributed by atoms with Crippen molar-refractivity contribution < 1.29 is 18.1 Å². The molecule has 1 aliphatic heterocycles. The molecule has 154 valence electrons. The standard InChI is InChI=1S/C20H23N3O5S/c1-2-29(27,28)17-9-6-15(7-10-17)21-20(24)18-14-16(23(25)26)8-11-19(18)22-12-4-3-5-13-22/h6-11,14H,2-5,12-13H2,1H3,(H,21,24). The van der Waals surface area contributed by atoms with Crippen molar-refractivity contribution in [3.8, 4) is 0 Å². The number of hydrogen-bond acceptors (Lipinski definition) is 6. The molecule has 0 aromatic heterocycles. The molecule has 2 aromatic rings. The minimum absolute atomic E-state index is 0.00835. The van der Waals surface area contributed by atoms with Gasteiger partial charge < -0.3 is 10.2 Å². The largest absolute Gasteiger partial charge is 0.371 e. The van der Waals surface area contributed by atoms with Crippen molar-refractivity contribution in [3.05, 3.63) is 58.1 Å². The first-order valence-electron chi connectivity index (χ1n) is 9.49. The van der Waals surface area contributed by atoms with Crippen LogP contribution in [0, 0.1) is 10.1 Å². The van der Waals surface area contributed by atoms with Gasteiger partial charge >= 0.3 is 0 Å². The summed E-state index contributed by atoms with van der Waals surface area (Å²) in [6, 6.07) is 10.2. The smallest absolute Gasteiger partial charge is 0.270 e. The second-order valence-corrected chi connectivity index (χ2v) is 9.17. The Morgan fingerprint density at radius 2 is 1.76 bits per heavy atom. The first-order valence-corrected chi connectivity index (χ1v) is 11.1. The number of rotatable bonds is 6. The number of nitrogens with one attached hydrogen (secondary N) is 1. The molecule has 29 heavy (non-hydrogen) atoms. The molecule has 1 fully saturated rings. The quantitative estimate of drug-likeness (QED) is 0.568. The van der Waals surface area contributed by atoms with E-state index in [-0.39, 0.29) is 21.9 Å². The van der Waals surface area contributed by atoms with Crippen LogP contribution in [0.3, 0.4) is 0 Å². The second kappa shape index (κ2) is 8.60. The van der Waals surface area contributed by atoms with E-state index in [0.717, 1.165) is 32.4 Å². The number of non-ortho nitro benzene ring substituents is 1. The number of nitro benzene ring substituents is 1. The molecule has 1 N–H and O–H groups in total. The van der Waals surface area contributed by atoms with Crippen LogP contribution in [0.5, 0.6) is 0 Å². The van der Waals surface area contributed by atoms with Crippen LogP contribution in [0.15, 0.2) is 47.4 Å². The number of benzene rings is 2. The molecule has 1 aliphatic rings. The van der Waals surface area contributed by atoms with Crippen LogP contribution in [-0.2, 0) is 9.84 Å². The van der Waals surface area contributed by atoms with Crippen molar-refractivity contribution in [1.82, 2.24) is 0 Å². The Morgan fingerprint density at radius 3 is 2.34 bits per heavy atom. The third kappa shape index (κ3) is 4.73. The number of nitro groups is 1. The maximum atomic E-state index is 12.9. The van der Waals surface area contributed by atoms with Gasteiger partial charge in [-0.05, 0) is 49.6 Å². The maximum Gasteiger partial charge on any atom is 0.270 e. The third-order valence-corrected chi connectivity index (χ3v) is 6.73. The van der Waals surface area contributed by atoms with E-state index in [1.54, 1.807) is 13.0 Å². The molecule has 2 aromatic carbocycles. The number of sulfone groups is 1. The van der Waals surface area contributed by atoms with Gasteiger partial charge in [-0.15, -0.1) is 0 Å². The summed E-state index contributed by atoms with van der Waals surface area (Å²) in [7, 11) is -3.33. The number of carbonyl (C=O) groups excluding carboxylic acids is 1. The van der Waals surface area contributed by atoms with Gasteiger partial charge in [-0.2, -0.15) is 0 Å². The summed E-state index contributed by atoms with van der Waals surface area (Å²) in [6.45, 7) is 3.15. The zero-order valence-electron chi connectivity index (χ0n) is 16.1. The molecule has 3 rings (SSSR count). The molecule has 1 heterocycles. The Bertz CT molecular complexity index is 1010. The molecule has 0 bridgehead atoms. The molecule has 0 radical (unpaired) electrons. The highest BCUT2D eigenvalue weighted by atomic mass is 32.2. The summed E-state index contributed by atoms with van der Waals surface area (Å²) >= 11 is 0. The molecular weight excluding hydrogens is 394 g/mol. The van der Waals surface area contributed by atoms with Crippen molar-refractivity contribution in [2.45, 2.75) is 31.1 Å². The summed E-state index contributed by atoms with van der Waals surface area (Å²) in [5, 5.41) is 13.9. The summed E-state index contributed by atoms with van der Waals surface area (Å²) in [5.74, 6) is -0.480. The van der Waals surface area contributed by atoms with Gasteiger partial charge in [0, 0.05) is 30.9 Å². The molecule has 1 amide bonds. The number of nitrogens with zero attached hydrogens (tertiary/aromatic N) is 2. The van der Waals surface area contributed by atoms with Gasteiger partial charge in [0.15, 0.2) is 9.84 Å². The summed E-state index contributed by atoms with van der Waals surface area (Å²) < 4.78 is 23.8. The van der Waals surface area contributed by atoms with E-state index >= 15 is 0 Å². The van der Waals surface area contributed by atoms with Crippen LogP contribution < -0.4 is 10.2 Å². The average molecular weight is 417 g/mol. The van der Waals surface area contributed by atoms with Gasteiger partial charge in [-0.25, -0.2) is 8.42 Å². The molecule has 0 atom stereocenters. The van der Waals surface area contributed by atoms with Crippen molar-refractivity contribution in [3.63, 3.8) is 0 Å². The van der Waals surface area contributed by atoms with Crippen molar-refractivity contribution >= 4 is 32.8 Å². The van der Waals surface area contributed by atoms with Crippen molar-refractivity contribution in [2.75, 3.05) is 29.1 Å². The fourth-order valence-corrected chi connectivity index (χ4v) is 4.22. The number of amides is 1. The number of hydrogen-bond donors (Lipinski definition) is 1. The van der Waals surface area contributed by atoms with Gasteiger partial charge in [0.05, 0.1) is 26.8 Å². The van der Waals surface area contributed by atoms with E-state index < -0.39 is 20.7 Å². The Hall–Kier alpha value is -2.94. The van der Waals surface area contributed by atoms with E-state index in [0.29, 0.717) is 11.4 Å². The third-order valence-electron chi connectivity index (χ3n) is 4.98. The van der Waals surface area contributed by atoms with E-state index in [1.807, 2.05) is 0 Å². The predicted octanol–water partition coefficient (Wildman–Crippen LogP) is 3.63. The van der Waals surface area contributed by atoms with E-state index in [2.05, 4.69) is 10.2 Å². The molecule has 9 heteroatoms. The van der Waals surface area contributed by atoms with Gasteiger partial charge in [0.1, 0.15) is 0 Å². The highest BCUT2D eigenvalue weighted by molar-refractivity contribution is 7.91. The first-order chi connectivity index (χ1) is 13.8. The number of anilines is 2. The van der Waals surface area contributed by atoms with Gasteiger partial charge in [0.2, 0.25) is 0 Å². The Kier molecular flexibility index (Phi) is 6.17. The van der Waals surface area contributed by atoms with Crippen molar-refractivity contribution in [2.24, 2.45) is 0 Å². The lowest BCUT2D eigenvalue weighted by atomic mass is 10.1. The summed E-state index contributed by atoms with van der Waals surface area (Å²) in [6.07, 6.45) is 3.13. The van der Waals surface area contributed by atoms with Gasteiger partial charge in [-0.1, -0.05) is 6.92 Å². The van der Waals surface area contributed by atoms with Crippen molar-refractivity contribution in [1.29, 1.82) is 0 Å². The lowest BCUT2D eigenvalue weighted by molar-refractivity contribution is -0.384. The zero-order chi connectivity index (χ0) is 21.0. The minimum atomic E-state index is -3.33. The fourth-order valence-electron chi connectivity index (χ4n) is 3.34. The van der Waals surface area contributed by atoms with Crippen LogP contribution >= 0.6 is 0 Å². The fraction of sp³-hybridized carbons (Fsp3) is 0.350. The second-order valence-electron chi connectivity index (χ2n) is 6.89. The maximum absolute atomic E-state index is 12.9. The molecule has 0 spiro atoms. The average Bonchev–Trinajstić information content (AvgIpc) is 2.74. The molecular formula is C20H23N3O5S. The highest BCUT2D eigenvalue weighted by Gasteiger charge is 2.22. The predicted molar refractivity (Wildman–Crippen MR) is 111 cm³/mol. The normalized spacial score (nSPS) is 14.4. The van der Waals surface area contributed by atoms with E-state index in [4.69, 9.17) is 0 Å². The summed E-state index contributed by atoms with van der Waals surface area (Å²) in [5.41, 5.74) is 1.16. The van der Waals surface area contributed by atoms with E-state index in [1.165, 1.54) is 36.4 Å². The van der Waals surface area contributed by atoms with Gasteiger partial charge in [-0.3, -0.25) is 14.9 Å². The minimum Gasteiger partial charge on any atom is -0.371 e. The number of piperidine rings is 1. The molecule has 0 unspecified atom stereocenters. The number of carbonyl (C=O) groups is 1. The molecule has 0 saturated carbocycles. The SMILES string of the molecule is CCS(=O)(=O)c1ccc(NC(=O)c2cc([N+](=O)[O-])ccc2N2CCCCC2)cc1. The molecule has 0 aliphatic carbocycles. The van der Waals surface area contributed by atoms with Crippen LogP contribution in [0.1, 0.15) is 36.5 Å². The Balaban J connectivity index is 1.89. The molecule has 1 saturated heterocycles. The van der Waals surface area contributed by atoms with Crippen LogP contribution in [-0.4, -0.2) is 38.1 Å². The van der Waals surface area contributed by atoms with Crippen LogP contribution in [0.25, 0.3) is 0 Å².